The van der Waals surface area contributed by atoms with Gasteiger partial charge in [0.25, 0.3) is 10.9 Å². The quantitative estimate of drug-likeness (QED) is 0.153. The summed E-state index contributed by atoms with van der Waals surface area (Å²) in [5, 5.41) is 8.16. The van der Waals surface area contributed by atoms with Gasteiger partial charge in [-0.05, 0) is 74.2 Å². The molecule has 0 saturated heterocycles. The first-order valence-corrected chi connectivity index (χ1v) is 13.7. The minimum atomic E-state index is -0.903. The van der Waals surface area contributed by atoms with Crippen LogP contribution in [0.4, 0.5) is 21.6 Å². The van der Waals surface area contributed by atoms with E-state index in [-0.39, 0.29) is 36.4 Å². The zero-order valence-electron chi connectivity index (χ0n) is 23.4. The molecule has 0 fully saturated rings. The number of nitrogens with one attached hydrogen (secondary N) is 2. The molecule has 0 saturated carbocycles. The van der Waals surface area contributed by atoms with E-state index in [1.165, 1.54) is 12.1 Å². The van der Waals surface area contributed by atoms with Crippen molar-refractivity contribution in [2.45, 2.75) is 39.3 Å². The summed E-state index contributed by atoms with van der Waals surface area (Å²) < 4.78 is 24.2. The molecule has 8 nitrogen and oxygen atoms in total. The summed E-state index contributed by atoms with van der Waals surface area (Å²) in [5.41, 5.74) is 1.62. The van der Waals surface area contributed by atoms with Crippen molar-refractivity contribution < 1.29 is 18.7 Å². The van der Waals surface area contributed by atoms with Crippen LogP contribution in [0.1, 0.15) is 26.3 Å². The van der Waals surface area contributed by atoms with Gasteiger partial charge < -0.3 is 20.1 Å². The molecule has 0 unspecified atom stereocenters. The van der Waals surface area contributed by atoms with Crippen LogP contribution >= 0.6 is 0 Å². The van der Waals surface area contributed by atoms with Crippen molar-refractivity contribution >= 4 is 33.9 Å². The SMILES string of the molecule is CCOC(=O)[C@H](Cc1ccc(Nc2nc(-c3ccc(F)cc3)cc3ccccc23)cc1)Nc1c(OC(C)C)c(=O)c1=O. The number of nitrogens with zero attached hydrogens (tertiary/aromatic N) is 1. The van der Waals surface area contributed by atoms with Crippen molar-refractivity contribution in [3.8, 4) is 17.0 Å². The Balaban J connectivity index is 1.38. The smallest absolute Gasteiger partial charge is 0.328 e. The zero-order chi connectivity index (χ0) is 29.8. The Morgan fingerprint density at radius 3 is 2.36 bits per heavy atom. The number of fused-ring (bicyclic) bond motifs is 1. The Kier molecular flexibility index (Phi) is 8.28. The monoisotopic (exact) mass is 567 g/mol. The number of hydrogen-bond acceptors (Lipinski definition) is 8. The van der Waals surface area contributed by atoms with Crippen molar-refractivity contribution in [1.82, 2.24) is 4.98 Å². The number of ether oxygens (including phenoxy) is 2. The van der Waals surface area contributed by atoms with E-state index in [9.17, 15) is 18.8 Å². The fraction of sp³-hybridized carbons (Fsp3) is 0.212. The molecule has 0 amide bonds. The molecule has 0 aliphatic heterocycles. The maximum atomic E-state index is 13.5. The van der Waals surface area contributed by atoms with E-state index in [0.717, 1.165) is 27.6 Å². The maximum Gasteiger partial charge on any atom is 0.328 e. The average molecular weight is 568 g/mol. The Hall–Kier alpha value is -5.05. The summed E-state index contributed by atoms with van der Waals surface area (Å²) in [5.74, 6) is -0.279. The second kappa shape index (κ2) is 12.2. The summed E-state index contributed by atoms with van der Waals surface area (Å²) in [4.78, 5) is 41.8. The fourth-order valence-electron chi connectivity index (χ4n) is 4.62. The number of aromatic nitrogens is 1. The van der Waals surface area contributed by atoms with Crippen molar-refractivity contribution in [3.63, 3.8) is 0 Å². The van der Waals surface area contributed by atoms with Crippen molar-refractivity contribution in [3.05, 3.63) is 111 Å². The highest BCUT2D eigenvalue weighted by Gasteiger charge is 2.29. The van der Waals surface area contributed by atoms with E-state index in [1.54, 1.807) is 32.9 Å². The first-order valence-electron chi connectivity index (χ1n) is 13.7. The lowest BCUT2D eigenvalue weighted by molar-refractivity contribution is -0.144. The molecule has 9 heteroatoms. The van der Waals surface area contributed by atoms with Crippen molar-refractivity contribution in [1.29, 1.82) is 0 Å². The predicted octanol–water partition coefficient (Wildman–Crippen LogP) is 5.75. The van der Waals surface area contributed by atoms with Crippen LogP contribution in [-0.4, -0.2) is 29.7 Å². The number of pyridine rings is 1. The summed E-state index contributed by atoms with van der Waals surface area (Å²) in [6.45, 7) is 5.36. The molecule has 1 aromatic heterocycles. The van der Waals surface area contributed by atoms with Gasteiger partial charge in [-0.15, -0.1) is 0 Å². The van der Waals surface area contributed by atoms with Crippen molar-refractivity contribution in [2.24, 2.45) is 0 Å². The number of esters is 1. The Bertz CT molecular complexity index is 1790. The lowest BCUT2D eigenvalue weighted by atomic mass is 10.0. The standard InChI is InChI=1S/C33H30FN3O5/c1-4-41-33(40)27(36-28-29(38)30(39)31(28)42-19(2)3)17-20-9-15-24(16-10-20)35-32-25-8-6-5-7-22(25)18-26(37-32)21-11-13-23(34)14-12-21/h5-16,18-19,27,36H,4,17H2,1-3H3,(H,35,37)/t27-/m0/s1. The van der Waals surface area contributed by atoms with E-state index in [2.05, 4.69) is 10.6 Å². The molecule has 4 aromatic carbocycles. The van der Waals surface area contributed by atoms with Gasteiger partial charge in [-0.1, -0.05) is 36.4 Å². The van der Waals surface area contributed by atoms with Gasteiger partial charge in [-0.2, -0.15) is 0 Å². The highest BCUT2D eigenvalue weighted by Crippen LogP contribution is 2.30. The van der Waals surface area contributed by atoms with Crippen LogP contribution in [0.2, 0.25) is 0 Å². The van der Waals surface area contributed by atoms with Crippen LogP contribution in [0.3, 0.4) is 0 Å². The molecule has 1 heterocycles. The van der Waals surface area contributed by atoms with Gasteiger partial charge >= 0.3 is 5.97 Å². The van der Waals surface area contributed by atoms with E-state index in [1.807, 2.05) is 54.6 Å². The number of rotatable bonds is 11. The van der Waals surface area contributed by atoms with Gasteiger partial charge in [0.1, 0.15) is 23.4 Å². The molecule has 0 aliphatic rings. The number of hydrogen-bond donors (Lipinski definition) is 2. The maximum absolute atomic E-state index is 13.5. The summed E-state index contributed by atoms with van der Waals surface area (Å²) >= 11 is 0. The molecule has 0 spiro atoms. The van der Waals surface area contributed by atoms with Crippen LogP contribution in [0.5, 0.6) is 5.75 Å². The van der Waals surface area contributed by atoms with E-state index < -0.39 is 22.9 Å². The number of anilines is 3. The molecule has 0 radical (unpaired) electrons. The third-order valence-corrected chi connectivity index (χ3v) is 6.65. The number of carbonyl (C=O) groups excluding carboxylic acids is 1. The molecule has 42 heavy (non-hydrogen) atoms. The van der Waals surface area contributed by atoms with Gasteiger partial charge in [0.05, 0.1) is 18.4 Å². The first kappa shape index (κ1) is 28.5. The van der Waals surface area contributed by atoms with Gasteiger partial charge in [-0.3, -0.25) is 9.59 Å². The number of carbonyl (C=O) groups is 1. The van der Waals surface area contributed by atoms with Crippen molar-refractivity contribution in [2.75, 3.05) is 17.2 Å². The lowest BCUT2D eigenvalue weighted by Gasteiger charge is -2.22. The highest BCUT2D eigenvalue weighted by atomic mass is 19.1. The molecular formula is C33H30FN3O5. The van der Waals surface area contributed by atoms with Crippen LogP contribution in [0.25, 0.3) is 22.0 Å². The first-order chi connectivity index (χ1) is 20.2. The van der Waals surface area contributed by atoms with Crippen LogP contribution in [0, 0.1) is 5.82 Å². The van der Waals surface area contributed by atoms with Crippen LogP contribution in [0.15, 0.2) is 88.5 Å². The van der Waals surface area contributed by atoms with E-state index >= 15 is 0 Å². The van der Waals surface area contributed by atoms with E-state index in [0.29, 0.717) is 11.5 Å². The van der Waals surface area contributed by atoms with Gasteiger partial charge in [0.2, 0.25) is 0 Å². The zero-order valence-corrected chi connectivity index (χ0v) is 23.4. The molecular weight excluding hydrogens is 537 g/mol. The lowest BCUT2D eigenvalue weighted by Crippen LogP contribution is -2.42. The predicted molar refractivity (Wildman–Crippen MR) is 162 cm³/mol. The molecule has 2 N–H and O–H groups in total. The third-order valence-electron chi connectivity index (χ3n) is 6.65. The number of halogens is 1. The minimum Gasteiger partial charge on any atom is -0.485 e. The minimum absolute atomic E-state index is 0.0102. The van der Waals surface area contributed by atoms with E-state index in [4.69, 9.17) is 14.5 Å². The summed E-state index contributed by atoms with van der Waals surface area (Å²) in [7, 11) is 0. The van der Waals surface area contributed by atoms with Gasteiger partial charge in [0.15, 0.2) is 5.75 Å². The molecule has 0 bridgehead atoms. The normalized spacial score (nSPS) is 11.9. The number of benzene rings is 3. The van der Waals surface area contributed by atoms with Gasteiger partial charge in [-0.25, -0.2) is 14.2 Å². The molecule has 1 atom stereocenters. The second-order valence-electron chi connectivity index (χ2n) is 10.1. The molecule has 5 rings (SSSR count). The largest absolute Gasteiger partial charge is 0.485 e. The molecule has 0 aliphatic carbocycles. The summed E-state index contributed by atoms with van der Waals surface area (Å²) in [6.07, 6.45) is -0.0989. The molecule has 5 aromatic rings. The third kappa shape index (κ3) is 6.15. The van der Waals surface area contributed by atoms with Crippen LogP contribution in [-0.2, 0) is 16.0 Å². The second-order valence-corrected chi connectivity index (χ2v) is 10.1. The topological polar surface area (TPSA) is 107 Å². The van der Waals surface area contributed by atoms with Gasteiger partial charge in [0, 0.05) is 23.1 Å². The fourth-order valence-corrected chi connectivity index (χ4v) is 4.62. The molecule has 214 valence electrons. The van der Waals surface area contributed by atoms with Crippen LogP contribution < -0.4 is 26.2 Å². The average Bonchev–Trinajstić information content (AvgIpc) is 2.99. The Morgan fingerprint density at radius 2 is 1.67 bits per heavy atom. The highest BCUT2D eigenvalue weighted by molar-refractivity contribution is 5.95. The Morgan fingerprint density at radius 1 is 0.952 bits per heavy atom. The summed E-state index contributed by atoms with van der Waals surface area (Å²) in [6, 6.07) is 22.6. The Labute approximate surface area is 241 Å².